The van der Waals surface area contributed by atoms with Crippen molar-refractivity contribution < 1.29 is 9.59 Å². The third-order valence-corrected chi connectivity index (χ3v) is 4.32. The Labute approximate surface area is 147 Å². The Kier molecular flexibility index (Phi) is 5.28. The van der Waals surface area contributed by atoms with Gasteiger partial charge in [-0.25, -0.2) is 4.98 Å². The number of anilines is 2. The molecule has 130 valence electrons. The van der Waals surface area contributed by atoms with E-state index in [1.165, 1.54) is 6.92 Å². The average Bonchev–Trinajstić information content (AvgIpc) is 2.67. The van der Waals surface area contributed by atoms with Crippen LogP contribution in [-0.2, 0) is 4.79 Å². The minimum Gasteiger partial charge on any atom is -0.376 e. The van der Waals surface area contributed by atoms with Crippen molar-refractivity contribution in [1.82, 2.24) is 9.88 Å². The number of amides is 1. The Morgan fingerprint density at radius 1 is 1.08 bits per heavy atom. The van der Waals surface area contributed by atoms with Gasteiger partial charge in [-0.15, -0.1) is 0 Å². The molecular weight excluding hydrogens is 316 g/mol. The molecular formula is C19H22N4O2. The van der Waals surface area contributed by atoms with Crippen molar-refractivity contribution in [3.63, 3.8) is 0 Å². The number of nitrogens with zero attached hydrogens (tertiary/aromatic N) is 3. The largest absolute Gasteiger partial charge is 0.376 e. The van der Waals surface area contributed by atoms with Gasteiger partial charge in [-0.1, -0.05) is 18.2 Å². The number of piperazine rings is 1. The second kappa shape index (κ2) is 7.79. The molecule has 1 aliphatic rings. The minimum atomic E-state index is 0.0145. The van der Waals surface area contributed by atoms with Gasteiger partial charge >= 0.3 is 0 Å². The highest BCUT2D eigenvalue weighted by Gasteiger charge is 2.21. The molecule has 0 saturated carbocycles. The molecule has 25 heavy (non-hydrogen) atoms. The minimum absolute atomic E-state index is 0.0145. The summed E-state index contributed by atoms with van der Waals surface area (Å²) < 4.78 is 0. The molecule has 2 aromatic rings. The van der Waals surface area contributed by atoms with Gasteiger partial charge in [-0.3, -0.25) is 9.59 Å². The standard InChI is InChI=1S/C19H22N4O2/c1-15(24)16-5-4-6-17(13-16)21-14-19(25)23-11-9-22(10-12-23)18-7-2-3-8-20-18/h2-8,13,21H,9-12,14H2,1H3. The van der Waals surface area contributed by atoms with Gasteiger partial charge in [0.05, 0.1) is 6.54 Å². The number of benzene rings is 1. The summed E-state index contributed by atoms with van der Waals surface area (Å²) in [6.07, 6.45) is 1.78. The summed E-state index contributed by atoms with van der Waals surface area (Å²) >= 11 is 0. The second-order valence-corrected chi connectivity index (χ2v) is 6.05. The van der Waals surface area contributed by atoms with Crippen molar-refractivity contribution in [2.75, 3.05) is 42.9 Å². The summed E-state index contributed by atoms with van der Waals surface area (Å²) in [4.78, 5) is 32.2. The first-order chi connectivity index (χ1) is 12.1. The SMILES string of the molecule is CC(=O)c1cccc(NCC(=O)N2CCN(c3ccccn3)CC2)c1. The number of Topliss-reactive ketones (excluding diaryl/α,β-unsaturated/α-hetero) is 1. The maximum atomic E-state index is 12.4. The fraction of sp³-hybridized carbons (Fsp3) is 0.316. The Morgan fingerprint density at radius 3 is 2.56 bits per heavy atom. The van der Waals surface area contributed by atoms with Gasteiger partial charge in [0, 0.05) is 43.6 Å². The summed E-state index contributed by atoms with van der Waals surface area (Å²) in [5.41, 5.74) is 1.43. The Balaban J connectivity index is 1.50. The molecule has 0 spiro atoms. The molecule has 2 heterocycles. The molecule has 0 atom stereocenters. The van der Waals surface area contributed by atoms with E-state index in [1.807, 2.05) is 35.2 Å². The molecule has 0 radical (unpaired) electrons. The lowest BCUT2D eigenvalue weighted by molar-refractivity contribution is -0.129. The van der Waals surface area contributed by atoms with Gasteiger partial charge in [0.1, 0.15) is 5.82 Å². The normalized spacial score (nSPS) is 14.3. The first kappa shape index (κ1) is 17.0. The van der Waals surface area contributed by atoms with Crippen LogP contribution in [0.4, 0.5) is 11.5 Å². The number of aromatic nitrogens is 1. The highest BCUT2D eigenvalue weighted by Crippen LogP contribution is 2.14. The van der Waals surface area contributed by atoms with Crippen molar-refractivity contribution >= 4 is 23.2 Å². The van der Waals surface area contributed by atoms with Crippen molar-refractivity contribution in [3.8, 4) is 0 Å². The van der Waals surface area contributed by atoms with Crippen LogP contribution >= 0.6 is 0 Å². The van der Waals surface area contributed by atoms with Gasteiger partial charge in [0.2, 0.25) is 5.91 Å². The van der Waals surface area contributed by atoms with E-state index in [4.69, 9.17) is 0 Å². The van der Waals surface area contributed by atoms with Crippen LogP contribution in [0.2, 0.25) is 0 Å². The highest BCUT2D eigenvalue weighted by molar-refractivity contribution is 5.95. The zero-order valence-electron chi connectivity index (χ0n) is 14.3. The lowest BCUT2D eigenvalue weighted by atomic mass is 10.1. The average molecular weight is 338 g/mol. The number of hydrogen-bond donors (Lipinski definition) is 1. The van der Waals surface area contributed by atoms with Crippen LogP contribution in [0.5, 0.6) is 0 Å². The van der Waals surface area contributed by atoms with Crippen molar-refractivity contribution in [3.05, 3.63) is 54.2 Å². The number of carbonyl (C=O) groups is 2. The van der Waals surface area contributed by atoms with E-state index >= 15 is 0 Å². The molecule has 1 N–H and O–H groups in total. The second-order valence-electron chi connectivity index (χ2n) is 6.05. The molecule has 1 aromatic heterocycles. The third-order valence-electron chi connectivity index (χ3n) is 4.32. The molecule has 6 nitrogen and oxygen atoms in total. The number of rotatable bonds is 5. The van der Waals surface area contributed by atoms with Crippen LogP contribution in [0.1, 0.15) is 17.3 Å². The van der Waals surface area contributed by atoms with Crippen molar-refractivity contribution in [1.29, 1.82) is 0 Å². The van der Waals surface area contributed by atoms with E-state index in [0.717, 1.165) is 24.6 Å². The van der Waals surface area contributed by atoms with Crippen LogP contribution < -0.4 is 10.2 Å². The van der Waals surface area contributed by atoms with Crippen LogP contribution in [0.3, 0.4) is 0 Å². The lowest BCUT2D eigenvalue weighted by Crippen LogP contribution is -2.50. The zero-order valence-corrected chi connectivity index (χ0v) is 14.3. The Morgan fingerprint density at radius 2 is 1.88 bits per heavy atom. The summed E-state index contributed by atoms with van der Waals surface area (Å²) in [7, 11) is 0. The first-order valence-electron chi connectivity index (χ1n) is 8.42. The third kappa shape index (κ3) is 4.35. The molecule has 3 rings (SSSR count). The number of nitrogens with one attached hydrogen (secondary N) is 1. The van der Waals surface area contributed by atoms with Gasteiger partial charge < -0.3 is 15.1 Å². The number of pyridine rings is 1. The van der Waals surface area contributed by atoms with E-state index in [0.29, 0.717) is 18.7 Å². The molecule has 1 aromatic carbocycles. The topological polar surface area (TPSA) is 65.5 Å². The summed E-state index contributed by atoms with van der Waals surface area (Å²) in [6.45, 7) is 4.69. The zero-order chi connectivity index (χ0) is 17.6. The smallest absolute Gasteiger partial charge is 0.241 e. The maximum absolute atomic E-state index is 12.4. The van der Waals surface area contributed by atoms with Gasteiger partial charge in [-0.05, 0) is 31.2 Å². The first-order valence-corrected chi connectivity index (χ1v) is 8.42. The van der Waals surface area contributed by atoms with Gasteiger partial charge in [-0.2, -0.15) is 0 Å². The summed E-state index contributed by atoms with van der Waals surface area (Å²) in [6, 6.07) is 13.1. The van der Waals surface area contributed by atoms with Crippen LogP contribution in [0.25, 0.3) is 0 Å². The molecule has 0 unspecified atom stereocenters. The van der Waals surface area contributed by atoms with Gasteiger partial charge in [0.25, 0.3) is 0 Å². The van der Waals surface area contributed by atoms with E-state index in [2.05, 4.69) is 15.2 Å². The lowest BCUT2D eigenvalue weighted by Gasteiger charge is -2.35. The van der Waals surface area contributed by atoms with E-state index in [1.54, 1.807) is 18.3 Å². The summed E-state index contributed by atoms with van der Waals surface area (Å²) in [5.74, 6) is 1.03. The molecule has 0 aliphatic carbocycles. The van der Waals surface area contributed by atoms with E-state index in [-0.39, 0.29) is 18.2 Å². The molecule has 1 aliphatic heterocycles. The molecule has 6 heteroatoms. The number of hydrogen-bond acceptors (Lipinski definition) is 5. The molecule has 0 bridgehead atoms. The molecule has 1 fully saturated rings. The molecule has 1 amide bonds. The van der Waals surface area contributed by atoms with Crippen LogP contribution in [0, 0.1) is 0 Å². The van der Waals surface area contributed by atoms with E-state index < -0.39 is 0 Å². The maximum Gasteiger partial charge on any atom is 0.241 e. The summed E-state index contributed by atoms with van der Waals surface area (Å²) in [5, 5.41) is 3.11. The predicted molar refractivity (Wildman–Crippen MR) is 98.0 cm³/mol. The highest BCUT2D eigenvalue weighted by atomic mass is 16.2. The Bertz CT molecular complexity index is 740. The quantitative estimate of drug-likeness (QED) is 0.845. The van der Waals surface area contributed by atoms with Crippen molar-refractivity contribution in [2.24, 2.45) is 0 Å². The van der Waals surface area contributed by atoms with Gasteiger partial charge in [0.15, 0.2) is 5.78 Å². The van der Waals surface area contributed by atoms with Crippen LogP contribution in [-0.4, -0.2) is 54.3 Å². The monoisotopic (exact) mass is 338 g/mol. The number of carbonyl (C=O) groups excluding carboxylic acids is 2. The fourth-order valence-corrected chi connectivity index (χ4v) is 2.86. The number of ketones is 1. The molecule has 1 saturated heterocycles. The van der Waals surface area contributed by atoms with Crippen molar-refractivity contribution in [2.45, 2.75) is 6.92 Å². The Hall–Kier alpha value is -2.89. The van der Waals surface area contributed by atoms with E-state index in [9.17, 15) is 9.59 Å². The predicted octanol–water partition coefficient (Wildman–Crippen LogP) is 2.04. The fourth-order valence-electron chi connectivity index (χ4n) is 2.86. The van der Waals surface area contributed by atoms with Crippen LogP contribution in [0.15, 0.2) is 48.7 Å².